The van der Waals surface area contributed by atoms with Crippen molar-refractivity contribution in [3.8, 4) is 0 Å². The van der Waals surface area contributed by atoms with E-state index in [4.69, 9.17) is 0 Å². The molecule has 0 aromatic carbocycles. The van der Waals surface area contributed by atoms with E-state index in [0.29, 0.717) is 0 Å². The highest BCUT2D eigenvalue weighted by Gasteiger charge is 2.08. The van der Waals surface area contributed by atoms with Crippen LogP contribution in [0.3, 0.4) is 0 Å². The summed E-state index contributed by atoms with van der Waals surface area (Å²) < 4.78 is 0.949. The predicted octanol–water partition coefficient (Wildman–Crippen LogP) is 2.94. The Morgan fingerprint density at radius 2 is 2.00 bits per heavy atom. The minimum Gasteiger partial charge on any atom is -0.298 e. The molecule has 1 aromatic rings. The van der Waals surface area contributed by atoms with Gasteiger partial charge in [-0.3, -0.25) is 4.79 Å². The number of halogens is 1. The van der Waals surface area contributed by atoms with Crippen molar-refractivity contribution in [2.24, 2.45) is 0 Å². The van der Waals surface area contributed by atoms with Crippen molar-refractivity contribution in [2.75, 3.05) is 0 Å². The third-order valence-corrected chi connectivity index (χ3v) is 3.67. The molecular weight excluding hydrogens is 212 g/mol. The Morgan fingerprint density at radius 1 is 1.40 bits per heavy atom. The molecule has 1 nitrogen and oxygen atoms in total. The fraction of sp³-hybridized carbons (Fsp3) is 0.286. The lowest BCUT2D eigenvalue weighted by molar-refractivity contribution is 0.112. The van der Waals surface area contributed by atoms with E-state index in [1.165, 1.54) is 4.88 Å². The first-order valence-electron chi connectivity index (χ1n) is 2.87. The van der Waals surface area contributed by atoms with E-state index < -0.39 is 0 Å². The van der Waals surface area contributed by atoms with Gasteiger partial charge in [0, 0.05) is 19.8 Å². The number of hydrogen-bond acceptors (Lipinski definition) is 2. The molecule has 0 bridgehead atoms. The second-order valence-corrected chi connectivity index (χ2v) is 4.28. The molecule has 1 heterocycles. The predicted molar refractivity (Wildman–Crippen MR) is 46.9 cm³/mol. The Morgan fingerprint density at radius 3 is 2.20 bits per heavy atom. The maximum atomic E-state index is 10.4. The molecule has 3 heteroatoms. The van der Waals surface area contributed by atoms with Gasteiger partial charge < -0.3 is 0 Å². The Balaban J connectivity index is 3.33. The number of carbonyl (C=O) groups is 1. The molecule has 0 saturated heterocycles. The third kappa shape index (κ3) is 1.16. The van der Waals surface area contributed by atoms with Crippen LogP contribution in [0.25, 0.3) is 0 Å². The average molecular weight is 219 g/mol. The second-order valence-electron chi connectivity index (χ2n) is 2.06. The van der Waals surface area contributed by atoms with Crippen LogP contribution in [-0.2, 0) is 0 Å². The molecule has 0 aliphatic heterocycles. The number of hydrogen-bond donors (Lipinski definition) is 0. The van der Waals surface area contributed by atoms with Crippen LogP contribution in [-0.4, -0.2) is 6.29 Å². The first-order valence-corrected chi connectivity index (χ1v) is 4.48. The van der Waals surface area contributed by atoms with Crippen LogP contribution in [0.2, 0.25) is 0 Å². The zero-order valence-electron chi connectivity index (χ0n) is 5.77. The normalized spacial score (nSPS) is 9.90. The number of aryl methyl sites for hydroxylation is 2. The minimum absolute atomic E-state index is 0.794. The Kier molecular flexibility index (Phi) is 2.26. The van der Waals surface area contributed by atoms with E-state index in [1.54, 1.807) is 11.3 Å². The summed E-state index contributed by atoms with van der Waals surface area (Å²) in [5.74, 6) is 0. The lowest BCUT2D eigenvalue weighted by Gasteiger charge is -1.85. The molecule has 10 heavy (non-hydrogen) atoms. The molecule has 0 fully saturated rings. The molecule has 0 atom stereocenters. The van der Waals surface area contributed by atoms with E-state index in [9.17, 15) is 4.79 Å². The zero-order valence-corrected chi connectivity index (χ0v) is 8.17. The van der Waals surface area contributed by atoms with Gasteiger partial charge in [0.1, 0.15) is 0 Å². The molecule has 0 aliphatic rings. The maximum Gasteiger partial charge on any atom is 0.152 e. The van der Waals surface area contributed by atoms with E-state index in [0.717, 1.165) is 21.2 Å². The van der Waals surface area contributed by atoms with E-state index >= 15 is 0 Å². The molecular formula is C7H7BrOS. The monoisotopic (exact) mass is 218 g/mol. The van der Waals surface area contributed by atoms with Crippen LogP contribution < -0.4 is 0 Å². The van der Waals surface area contributed by atoms with Gasteiger partial charge in [-0.05, 0) is 29.8 Å². The Hall–Kier alpha value is -0.150. The summed E-state index contributed by atoms with van der Waals surface area (Å²) in [4.78, 5) is 12.7. The number of rotatable bonds is 1. The summed E-state index contributed by atoms with van der Waals surface area (Å²) in [6, 6.07) is 0. The molecule has 1 rings (SSSR count). The molecule has 0 saturated carbocycles. The molecule has 0 N–H and O–H groups in total. The topological polar surface area (TPSA) is 17.1 Å². The molecule has 0 aliphatic carbocycles. The summed E-state index contributed by atoms with van der Waals surface area (Å²) in [7, 11) is 0. The van der Waals surface area contributed by atoms with Crippen LogP contribution in [0.5, 0.6) is 0 Å². The molecule has 0 radical (unpaired) electrons. The van der Waals surface area contributed by atoms with Crippen molar-refractivity contribution in [1.29, 1.82) is 0 Å². The van der Waals surface area contributed by atoms with Crippen LogP contribution in [0.15, 0.2) is 4.47 Å². The highest BCUT2D eigenvalue weighted by Crippen LogP contribution is 2.30. The van der Waals surface area contributed by atoms with E-state index in [2.05, 4.69) is 15.9 Å². The van der Waals surface area contributed by atoms with Gasteiger partial charge in [-0.15, -0.1) is 11.3 Å². The first-order chi connectivity index (χ1) is 4.66. The number of carbonyl (C=O) groups excluding carboxylic acids is 1. The van der Waals surface area contributed by atoms with Gasteiger partial charge in [-0.25, -0.2) is 0 Å². The number of thiophene rings is 1. The summed E-state index contributed by atoms with van der Waals surface area (Å²) in [5, 5.41) is 0. The fourth-order valence-corrected chi connectivity index (χ4v) is 2.49. The van der Waals surface area contributed by atoms with Crippen molar-refractivity contribution in [1.82, 2.24) is 0 Å². The smallest absolute Gasteiger partial charge is 0.152 e. The fourth-order valence-electron chi connectivity index (χ4n) is 0.808. The van der Waals surface area contributed by atoms with Gasteiger partial charge in [0.25, 0.3) is 0 Å². The molecule has 1 aromatic heterocycles. The Labute approximate surface area is 72.2 Å². The zero-order chi connectivity index (χ0) is 7.72. The van der Waals surface area contributed by atoms with Crippen molar-refractivity contribution < 1.29 is 4.79 Å². The SMILES string of the molecule is Cc1sc(C)c(C=O)c1Br. The Bertz CT molecular complexity index is 265. The molecule has 0 unspecified atom stereocenters. The van der Waals surface area contributed by atoms with Gasteiger partial charge >= 0.3 is 0 Å². The third-order valence-electron chi connectivity index (χ3n) is 1.35. The summed E-state index contributed by atoms with van der Waals surface area (Å²) in [6.45, 7) is 3.95. The molecule has 0 amide bonds. The largest absolute Gasteiger partial charge is 0.298 e. The lowest BCUT2D eigenvalue weighted by atomic mass is 10.3. The quantitative estimate of drug-likeness (QED) is 0.663. The standard InChI is InChI=1S/C7H7BrOS/c1-4-6(3-9)7(8)5(2)10-4/h3H,1-2H3. The first kappa shape index (κ1) is 7.95. The van der Waals surface area contributed by atoms with Crippen molar-refractivity contribution in [3.05, 3.63) is 19.8 Å². The average Bonchev–Trinajstić information content (AvgIpc) is 2.09. The van der Waals surface area contributed by atoms with Gasteiger partial charge in [0.2, 0.25) is 0 Å². The maximum absolute atomic E-state index is 10.4. The van der Waals surface area contributed by atoms with E-state index in [1.807, 2.05) is 13.8 Å². The van der Waals surface area contributed by atoms with Crippen molar-refractivity contribution in [2.45, 2.75) is 13.8 Å². The lowest BCUT2D eigenvalue weighted by Crippen LogP contribution is -1.77. The minimum atomic E-state index is 0.794. The van der Waals surface area contributed by atoms with Crippen LogP contribution in [0.1, 0.15) is 20.1 Å². The summed E-state index contributed by atoms with van der Waals surface area (Å²) >= 11 is 4.98. The van der Waals surface area contributed by atoms with Crippen molar-refractivity contribution >= 4 is 33.6 Å². The van der Waals surface area contributed by atoms with Crippen LogP contribution in [0.4, 0.5) is 0 Å². The highest BCUT2D eigenvalue weighted by atomic mass is 79.9. The van der Waals surface area contributed by atoms with Gasteiger partial charge in [-0.1, -0.05) is 0 Å². The van der Waals surface area contributed by atoms with Gasteiger partial charge in [0.15, 0.2) is 6.29 Å². The summed E-state index contributed by atoms with van der Waals surface area (Å²) in [6.07, 6.45) is 0.892. The van der Waals surface area contributed by atoms with E-state index in [-0.39, 0.29) is 0 Å². The van der Waals surface area contributed by atoms with Gasteiger partial charge in [-0.2, -0.15) is 0 Å². The number of aldehydes is 1. The summed E-state index contributed by atoms with van der Waals surface area (Å²) in [5.41, 5.74) is 0.794. The van der Waals surface area contributed by atoms with Crippen molar-refractivity contribution in [3.63, 3.8) is 0 Å². The molecule has 0 spiro atoms. The highest BCUT2D eigenvalue weighted by molar-refractivity contribution is 9.10. The van der Waals surface area contributed by atoms with Crippen LogP contribution >= 0.6 is 27.3 Å². The van der Waals surface area contributed by atoms with Crippen LogP contribution in [0, 0.1) is 13.8 Å². The molecule has 54 valence electrons. The second kappa shape index (κ2) is 2.84. The van der Waals surface area contributed by atoms with Gasteiger partial charge in [0.05, 0.1) is 0 Å².